The van der Waals surface area contributed by atoms with Gasteiger partial charge in [0.25, 0.3) is 0 Å². The summed E-state index contributed by atoms with van der Waals surface area (Å²) in [5, 5.41) is 11.0. The molecule has 1 aliphatic heterocycles. The molecular weight excluding hydrogens is 153 g/mol. The first-order chi connectivity index (χ1) is 5.20. The first-order valence-electron chi connectivity index (χ1n) is 3.38. The maximum atomic E-state index is 12.5. The number of halogens is 1. The highest BCUT2D eigenvalue weighted by atomic mass is 19.1. The van der Waals surface area contributed by atoms with Gasteiger partial charge in [0.1, 0.15) is 12.2 Å². The molecule has 0 spiro atoms. The van der Waals surface area contributed by atoms with Crippen LogP contribution in [0.25, 0.3) is 0 Å². The van der Waals surface area contributed by atoms with Crippen LogP contribution in [-0.2, 0) is 9.53 Å². The second-order valence-electron chi connectivity index (χ2n) is 2.43. The molecule has 0 aromatic carbocycles. The Morgan fingerprint density at radius 1 is 1.64 bits per heavy atom. The summed E-state index contributed by atoms with van der Waals surface area (Å²) in [7, 11) is 0. The largest absolute Gasteiger partial charge is 0.480 e. The molecule has 0 saturated carbocycles. The molecule has 2 N–H and O–H groups in total. The molecule has 0 radical (unpaired) electrons. The van der Waals surface area contributed by atoms with Gasteiger partial charge in [-0.15, -0.1) is 0 Å². The van der Waals surface area contributed by atoms with Crippen LogP contribution in [0.4, 0.5) is 4.39 Å². The third kappa shape index (κ3) is 2.44. The first-order valence-corrected chi connectivity index (χ1v) is 3.38. The van der Waals surface area contributed by atoms with Crippen molar-refractivity contribution in [1.29, 1.82) is 0 Å². The number of aliphatic carboxylic acids is 1. The van der Waals surface area contributed by atoms with E-state index >= 15 is 0 Å². The molecule has 1 saturated heterocycles. The van der Waals surface area contributed by atoms with E-state index in [0.717, 1.165) is 0 Å². The zero-order valence-electron chi connectivity index (χ0n) is 5.92. The smallest absolute Gasteiger partial charge is 0.323 e. The van der Waals surface area contributed by atoms with E-state index in [2.05, 4.69) is 5.32 Å². The second-order valence-corrected chi connectivity index (χ2v) is 2.43. The van der Waals surface area contributed by atoms with Gasteiger partial charge in [-0.3, -0.25) is 10.1 Å². The number of hydrogen-bond donors (Lipinski definition) is 2. The van der Waals surface area contributed by atoms with E-state index in [-0.39, 0.29) is 19.8 Å². The highest BCUT2D eigenvalue weighted by molar-refractivity contribution is 5.73. The van der Waals surface area contributed by atoms with Crippen LogP contribution in [0.3, 0.4) is 0 Å². The summed E-state index contributed by atoms with van der Waals surface area (Å²) in [6.45, 7) is 0.0729. The minimum Gasteiger partial charge on any atom is -0.480 e. The first kappa shape index (κ1) is 8.42. The van der Waals surface area contributed by atoms with Crippen LogP contribution in [-0.4, -0.2) is 43.0 Å². The fourth-order valence-electron chi connectivity index (χ4n) is 0.860. The fraction of sp³-hybridized carbons (Fsp3) is 0.833. The quantitative estimate of drug-likeness (QED) is 0.541. The van der Waals surface area contributed by atoms with Crippen LogP contribution in [0, 0.1) is 0 Å². The van der Waals surface area contributed by atoms with Crippen molar-refractivity contribution in [2.45, 2.75) is 12.2 Å². The maximum absolute atomic E-state index is 12.5. The predicted molar refractivity (Wildman–Crippen MR) is 35.1 cm³/mol. The monoisotopic (exact) mass is 163 g/mol. The van der Waals surface area contributed by atoms with Crippen molar-refractivity contribution in [2.24, 2.45) is 0 Å². The lowest BCUT2D eigenvalue weighted by atomic mass is 10.3. The van der Waals surface area contributed by atoms with Gasteiger partial charge < -0.3 is 9.84 Å². The molecule has 0 aromatic rings. The summed E-state index contributed by atoms with van der Waals surface area (Å²) in [5.74, 6) is -1.00. The lowest BCUT2D eigenvalue weighted by molar-refractivity contribution is -0.140. The van der Waals surface area contributed by atoms with Gasteiger partial charge in [0.2, 0.25) is 0 Å². The summed E-state index contributed by atoms with van der Waals surface area (Å²) in [6, 6.07) is -0.768. The van der Waals surface area contributed by atoms with Crippen LogP contribution in [0.2, 0.25) is 0 Å². The van der Waals surface area contributed by atoms with Crippen LogP contribution in [0.15, 0.2) is 0 Å². The molecule has 1 rings (SSSR count). The van der Waals surface area contributed by atoms with Gasteiger partial charge in [-0.2, -0.15) is 0 Å². The summed E-state index contributed by atoms with van der Waals surface area (Å²) >= 11 is 0. The van der Waals surface area contributed by atoms with Gasteiger partial charge in [-0.05, 0) is 0 Å². The maximum Gasteiger partial charge on any atom is 0.323 e. The third-order valence-corrected chi connectivity index (χ3v) is 1.47. The number of rotatable bonds is 1. The lowest BCUT2D eigenvalue weighted by Gasteiger charge is -2.08. The average Bonchev–Trinajstić information content (AvgIpc) is 2.13. The molecule has 1 heterocycles. The Labute approximate surface area is 63.3 Å². The zero-order chi connectivity index (χ0) is 8.27. The predicted octanol–water partition coefficient (Wildman–Crippen LogP) is -0.603. The van der Waals surface area contributed by atoms with E-state index in [1.165, 1.54) is 0 Å². The molecule has 2 atom stereocenters. The van der Waals surface area contributed by atoms with Gasteiger partial charge in [0.15, 0.2) is 0 Å². The lowest BCUT2D eigenvalue weighted by Crippen LogP contribution is -2.40. The Hall–Kier alpha value is -0.680. The molecule has 4 nitrogen and oxygen atoms in total. The Morgan fingerprint density at radius 3 is 3.00 bits per heavy atom. The van der Waals surface area contributed by atoms with Gasteiger partial charge >= 0.3 is 5.97 Å². The number of carboxylic acid groups (broad SMARTS) is 1. The van der Waals surface area contributed by atoms with Crippen LogP contribution < -0.4 is 5.32 Å². The molecular formula is C6H10FNO3. The highest BCUT2D eigenvalue weighted by Crippen LogP contribution is 1.98. The van der Waals surface area contributed by atoms with Crippen molar-refractivity contribution in [3.63, 3.8) is 0 Å². The van der Waals surface area contributed by atoms with Gasteiger partial charge in [0.05, 0.1) is 13.2 Å². The molecule has 1 aliphatic rings. The summed E-state index contributed by atoms with van der Waals surface area (Å²) in [6.07, 6.45) is -1.10. The van der Waals surface area contributed by atoms with Crippen molar-refractivity contribution >= 4 is 5.97 Å². The van der Waals surface area contributed by atoms with E-state index < -0.39 is 18.2 Å². The SMILES string of the molecule is O=C(O)C1COCC(F)CN1. The number of carboxylic acids is 1. The van der Waals surface area contributed by atoms with E-state index in [1.54, 1.807) is 0 Å². The Kier molecular flexibility index (Phi) is 2.78. The molecule has 11 heavy (non-hydrogen) atoms. The van der Waals surface area contributed by atoms with Gasteiger partial charge in [-0.1, -0.05) is 0 Å². The van der Waals surface area contributed by atoms with E-state index in [9.17, 15) is 9.18 Å². The molecule has 0 amide bonds. The number of alkyl halides is 1. The molecule has 0 aliphatic carbocycles. The molecule has 64 valence electrons. The van der Waals surface area contributed by atoms with Crippen molar-refractivity contribution in [2.75, 3.05) is 19.8 Å². The Bertz CT molecular complexity index is 153. The fourth-order valence-corrected chi connectivity index (χ4v) is 0.860. The summed E-state index contributed by atoms with van der Waals surface area (Å²) in [4.78, 5) is 10.3. The van der Waals surface area contributed by atoms with E-state index in [1.807, 2.05) is 0 Å². The third-order valence-electron chi connectivity index (χ3n) is 1.47. The highest BCUT2D eigenvalue weighted by Gasteiger charge is 2.22. The Morgan fingerprint density at radius 2 is 2.36 bits per heavy atom. The molecule has 2 unspecified atom stereocenters. The van der Waals surface area contributed by atoms with Gasteiger partial charge in [0, 0.05) is 6.54 Å². The number of hydrogen-bond acceptors (Lipinski definition) is 3. The van der Waals surface area contributed by atoms with Crippen molar-refractivity contribution in [3.05, 3.63) is 0 Å². The zero-order valence-corrected chi connectivity index (χ0v) is 5.92. The second kappa shape index (κ2) is 3.64. The van der Waals surface area contributed by atoms with Gasteiger partial charge in [-0.25, -0.2) is 4.39 Å². The number of ether oxygens (including phenoxy) is 1. The molecule has 1 fully saturated rings. The average molecular weight is 163 g/mol. The minimum absolute atomic E-state index is 0.0171. The van der Waals surface area contributed by atoms with Crippen LogP contribution in [0.5, 0.6) is 0 Å². The Balaban J connectivity index is 2.40. The van der Waals surface area contributed by atoms with E-state index in [4.69, 9.17) is 9.84 Å². The number of carbonyl (C=O) groups is 1. The molecule has 0 aromatic heterocycles. The summed E-state index contributed by atoms with van der Waals surface area (Å²) in [5.41, 5.74) is 0. The minimum atomic E-state index is -1.10. The van der Waals surface area contributed by atoms with Crippen LogP contribution >= 0.6 is 0 Å². The topological polar surface area (TPSA) is 58.6 Å². The summed E-state index contributed by atoms with van der Waals surface area (Å²) < 4.78 is 17.3. The normalized spacial score (nSPS) is 32.8. The van der Waals surface area contributed by atoms with Crippen molar-refractivity contribution < 1.29 is 19.0 Å². The van der Waals surface area contributed by atoms with Crippen molar-refractivity contribution in [1.82, 2.24) is 5.32 Å². The number of nitrogens with one attached hydrogen (secondary N) is 1. The van der Waals surface area contributed by atoms with Crippen LogP contribution in [0.1, 0.15) is 0 Å². The standard InChI is InChI=1S/C6H10FNO3/c7-4-1-8-5(6(9)10)3-11-2-4/h4-5,8H,1-3H2,(H,9,10). The van der Waals surface area contributed by atoms with E-state index in [0.29, 0.717) is 0 Å². The molecule has 5 heteroatoms. The molecule has 0 bridgehead atoms. The van der Waals surface area contributed by atoms with Crippen molar-refractivity contribution in [3.8, 4) is 0 Å².